The Morgan fingerprint density at radius 3 is 2.61 bits per heavy atom. The Morgan fingerprint density at radius 1 is 1.11 bits per heavy atom. The summed E-state index contributed by atoms with van der Waals surface area (Å²) in [7, 11) is 0. The van der Waals surface area contributed by atoms with Gasteiger partial charge in [0.2, 0.25) is 0 Å². The number of ether oxygens (including phenoxy) is 1. The Morgan fingerprint density at radius 2 is 1.86 bits per heavy atom. The summed E-state index contributed by atoms with van der Waals surface area (Å²) in [4.78, 5) is 38.7. The monoisotopic (exact) mass is 398 g/mol. The molecule has 0 unspecified atom stereocenters. The molecule has 1 saturated heterocycles. The van der Waals surface area contributed by atoms with Crippen molar-refractivity contribution < 1.29 is 19.1 Å². The molecule has 0 saturated carbocycles. The van der Waals surface area contributed by atoms with Crippen molar-refractivity contribution in [1.82, 2.24) is 5.32 Å². The van der Waals surface area contributed by atoms with E-state index >= 15 is 0 Å². The number of imide groups is 2. The van der Waals surface area contributed by atoms with E-state index in [1.807, 2.05) is 6.92 Å². The standard InChI is InChI=1S/C21H19ClN2O4/c1-3-11-28-18-10-5-4-7-14(18)12-15-19(25)23-21(27)24(20(15)26)17-9-6-8-16(22)13(17)2/h4-10,12H,3,11H2,1-2H3,(H,23,25,27)/b15-12+. The predicted octanol–water partition coefficient (Wildman–Crippen LogP) is 4.10. The molecule has 1 N–H and O–H groups in total. The van der Waals surface area contributed by atoms with Gasteiger partial charge in [-0.3, -0.25) is 14.9 Å². The highest BCUT2D eigenvalue weighted by Crippen LogP contribution is 2.30. The molecule has 0 spiro atoms. The summed E-state index contributed by atoms with van der Waals surface area (Å²) in [6, 6.07) is 11.2. The fraction of sp³-hybridized carbons (Fsp3) is 0.190. The summed E-state index contributed by atoms with van der Waals surface area (Å²) in [5.74, 6) is -0.916. The van der Waals surface area contributed by atoms with Crippen LogP contribution < -0.4 is 15.0 Å². The molecule has 7 heteroatoms. The van der Waals surface area contributed by atoms with Crippen molar-refractivity contribution in [2.45, 2.75) is 20.3 Å². The lowest BCUT2D eigenvalue weighted by atomic mass is 10.0. The number of amides is 4. The molecular formula is C21H19ClN2O4. The quantitative estimate of drug-likeness (QED) is 0.607. The number of halogens is 1. The number of para-hydroxylation sites is 1. The summed E-state index contributed by atoms with van der Waals surface area (Å²) >= 11 is 6.12. The molecule has 0 bridgehead atoms. The number of carbonyl (C=O) groups is 3. The number of nitrogens with one attached hydrogen (secondary N) is 1. The number of nitrogens with zero attached hydrogens (tertiary/aromatic N) is 1. The van der Waals surface area contributed by atoms with Crippen LogP contribution >= 0.6 is 11.6 Å². The Kier molecular flexibility index (Phi) is 5.80. The molecule has 1 heterocycles. The van der Waals surface area contributed by atoms with Crippen LogP contribution in [0.5, 0.6) is 5.75 Å². The van der Waals surface area contributed by atoms with Gasteiger partial charge in [0.05, 0.1) is 12.3 Å². The lowest BCUT2D eigenvalue weighted by molar-refractivity contribution is -0.122. The maximum Gasteiger partial charge on any atom is 0.335 e. The van der Waals surface area contributed by atoms with Gasteiger partial charge in [0, 0.05) is 10.6 Å². The highest BCUT2D eigenvalue weighted by molar-refractivity contribution is 6.40. The Hall–Kier alpha value is -3.12. The molecule has 1 aliphatic rings. The minimum absolute atomic E-state index is 0.161. The van der Waals surface area contributed by atoms with E-state index in [4.69, 9.17) is 16.3 Å². The first-order chi connectivity index (χ1) is 13.4. The van der Waals surface area contributed by atoms with E-state index in [9.17, 15) is 14.4 Å². The highest BCUT2D eigenvalue weighted by atomic mass is 35.5. The zero-order chi connectivity index (χ0) is 20.3. The topological polar surface area (TPSA) is 75.7 Å². The maximum absolute atomic E-state index is 13.0. The molecular weight excluding hydrogens is 380 g/mol. The second-order valence-electron chi connectivity index (χ2n) is 6.23. The molecule has 2 aromatic rings. The van der Waals surface area contributed by atoms with E-state index < -0.39 is 17.8 Å². The maximum atomic E-state index is 13.0. The van der Waals surface area contributed by atoms with Crippen molar-refractivity contribution in [1.29, 1.82) is 0 Å². The van der Waals surface area contributed by atoms with Gasteiger partial charge in [0.15, 0.2) is 0 Å². The van der Waals surface area contributed by atoms with Crippen LogP contribution in [0.3, 0.4) is 0 Å². The van der Waals surface area contributed by atoms with Gasteiger partial charge in [-0.25, -0.2) is 9.69 Å². The van der Waals surface area contributed by atoms with Crippen LogP contribution in [0, 0.1) is 6.92 Å². The number of anilines is 1. The average Bonchev–Trinajstić information content (AvgIpc) is 2.67. The van der Waals surface area contributed by atoms with Gasteiger partial charge in [-0.2, -0.15) is 0 Å². The van der Waals surface area contributed by atoms with Gasteiger partial charge in [-0.1, -0.05) is 42.8 Å². The average molecular weight is 399 g/mol. The SMILES string of the molecule is CCCOc1ccccc1/C=C1\C(=O)NC(=O)N(c2cccc(Cl)c2C)C1=O. The van der Waals surface area contributed by atoms with Crippen LogP contribution in [-0.4, -0.2) is 24.5 Å². The van der Waals surface area contributed by atoms with Crippen LogP contribution in [0.25, 0.3) is 6.08 Å². The Balaban J connectivity index is 2.04. The molecule has 4 amide bonds. The van der Waals surface area contributed by atoms with E-state index in [1.54, 1.807) is 49.4 Å². The molecule has 2 aromatic carbocycles. The lowest BCUT2D eigenvalue weighted by Crippen LogP contribution is -2.54. The highest BCUT2D eigenvalue weighted by Gasteiger charge is 2.37. The lowest BCUT2D eigenvalue weighted by Gasteiger charge is -2.27. The molecule has 0 atom stereocenters. The van der Waals surface area contributed by atoms with Crippen molar-refractivity contribution in [3.05, 3.63) is 64.2 Å². The fourth-order valence-corrected chi connectivity index (χ4v) is 2.98. The van der Waals surface area contributed by atoms with Gasteiger partial charge >= 0.3 is 6.03 Å². The number of benzene rings is 2. The van der Waals surface area contributed by atoms with Crippen molar-refractivity contribution in [3.63, 3.8) is 0 Å². The van der Waals surface area contributed by atoms with Crippen molar-refractivity contribution in [2.24, 2.45) is 0 Å². The van der Waals surface area contributed by atoms with Gasteiger partial charge < -0.3 is 4.74 Å². The van der Waals surface area contributed by atoms with Crippen LogP contribution in [-0.2, 0) is 9.59 Å². The number of barbiturate groups is 1. The molecule has 144 valence electrons. The molecule has 28 heavy (non-hydrogen) atoms. The molecule has 6 nitrogen and oxygen atoms in total. The number of rotatable bonds is 5. The number of hydrogen-bond donors (Lipinski definition) is 1. The third-order valence-electron chi connectivity index (χ3n) is 4.26. The van der Waals surface area contributed by atoms with E-state index in [0.29, 0.717) is 34.2 Å². The van der Waals surface area contributed by atoms with Crippen LogP contribution in [0.15, 0.2) is 48.0 Å². The van der Waals surface area contributed by atoms with Crippen LogP contribution in [0.1, 0.15) is 24.5 Å². The summed E-state index contributed by atoms with van der Waals surface area (Å²) in [6.07, 6.45) is 2.25. The fourth-order valence-electron chi connectivity index (χ4n) is 2.81. The summed E-state index contributed by atoms with van der Waals surface area (Å²) < 4.78 is 5.68. The molecule has 0 radical (unpaired) electrons. The first-order valence-electron chi connectivity index (χ1n) is 8.82. The molecule has 0 aliphatic carbocycles. The third kappa shape index (κ3) is 3.77. The Bertz CT molecular complexity index is 984. The minimum atomic E-state index is -0.812. The molecule has 3 rings (SSSR count). The van der Waals surface area contributed by atoms with Gasteiger partial charge in [-0.05, 0) is 43.2 Å². The molecule has 1 fully saturated rings. The summed E-state index contributed by atoms with van der Waals surface area (Å²) in [6.45, 7) is 4.19. The molecule has 0 aromatic heterocycles. The third-order valence-corrected chi connectivity index (χ3v) is 4.67. The van der Waals surface area contributed by atoms with Crippen molar-refractivity contribution in [3.8, 4) is 5.75 Å². The van der Waals surface area contributed by atoms with Crippen molar-refractivity contribution >= 4 is 41.2 Å². The van der Waals surface area contributed by atoms with E-state index in [1.165, 1.54) is 6.08 Å². The van der Waals surface area contributed by atoms with E-state index in [2.05, 4.69) is 5.32 Å². The first-order valence-corrected chi connectivity index (χ1v) is 9.20. The number of hydrogen-bond acceptors (Lipinski definition) is 4. The zero-order valence-electron chi connectivity index (χ0n) is 15.5. The van der Waals surface area contributed by atoms with E-state index in [-0.39, 0.29) is 5.57 Å². The van der Waals surface area contributed by atoms with Gasteiger partial charge in [-0.15, -0.1) is 0 Å². The summed E-state index contributed by atoms with van der Waals surface area (Å²) in [5, 5.41) is 2.63. The zero-order valence-corrected chi connectivity index (χ0v) is 16.2. The predicted molar refractivity (Wildman–Crippen MR) is 107 cm³/mol. The van der Waals surface area contributed by atoms with Crippen LogP contribution in [0.2, 0.25) is 5.02 Å². The van der Waals surface area contributed by atoms with E-state index in [0.717, 1.165) is 11.3 Å². The normalized spacial score (nSPS) is 15.8. The Labute approximate surface area is 167 Å². The second kappa shape index (κ2) is 8.27. The largest absolute Gasteiger partial charge is 0.493 e. The van der Waals surface area contributed by atoms with Gasteiger partial charge in [0.25, 0.3) is 11.8 Å². The summed E-state index contributed by atoms with van der Waals surface area (Å²) in [5.41, 5.74) is 1.30. The molecule has 1 aliphatic heterocycles. The smallest absolute Gasteiger partial charge is 0.335 e. The second-order valence-corrected chi connectivity index (χ2v) is 6.64. The van der Waals surface area contributed by atoms with Crippen molar-refractivity contribution in [2.75, 3.05) is 11.5 Å². The minimum Gasteiger partial charge on any atom is -0.493 e. The number of urea groups is 1. The number of carbonyl (C=O) groups excluding carboxylic acids is 3. The van der Waals surface area contributed by atoms with Crippen LogP contribution in [0.4, 0.5) is 10.5 Å². The first kappa shape index (κ1) is 19.6. The van der Waals surface area contributed by atoms with Gasteiger partial charge in [0.1, 0.15) is 11.3 Å².